The van der Waals surface area contributed by atoms with Gasteiger partial charge >= 0.3 is 0 Å². The SMILES string of the molecule is COc1ccc(C(=O)c2c(C)[nH]c3cc(I)cc(CCN4CCOCC4)c23)cc1. The molecule has 1 aliphatic rings. The fourth-order valence-corrected chi connectivity index (χ4v) is 4.67. The Kier molecular flexibility index (Phi) is 6.22. The zero-order valence-corrected chi connectivity index (χ0v) is 18.9. The van der Waals surface area contributed by atoms with Crippen molar-refractivity contribution in [1.82, 2.24) is 9.88 Å². The predicted molar refractivity (Wildman–Crippen MR) is 123 cm³/mol. The maximum atomic E-state index is 13.4. The fraction of sp³-hybridized carbons (Fsp3) is 0.348. The molecule has 0 saturated carbocycles. The van der Waals surface area contributed by atoms with E-state index in [1.165, 1.54) is 9.13 Å². The van der Waals surface area contributed by atoms with Crippen LogP contribution in [0, 0.1) is 10.5 Å². The lowest BCUT2D eigenvalue weighted by Gasteiger charge is -2.26. The summed E-state index contributed by atoms with van der Waals surface area (Å²) in [6, 6.07) is 11.7. The van der Waals surface area contributed by atoms with E-state index in [9.17, 15) is 4.79 Å². The summed E-state index contributed by atoms with van der Waals surface area (Å²) < 4.78 is 11.9. The molecule has 152 valence electrons. The zero-order chi connectivity index (χ0) is 20.4. The van der Waals surface area contributed by atoms with Crippen LogP contribution in [0.4, 0.5) is 0 Å². The highest BCUT2D eigenvalue weighted by molar-refractivity contribution is 14.1. The van der Waals surface area contributed by atoms with Crippen LogP contribution < -0.4 is 4.74 Å². The smallest absolute Gasteiger partial charge is 0.195 e. The number of hydrogen-bond acceptors (Lipinski definition) is 4. The summed E-state index contributed by atoms with van der Waals surface area (Å²) in [5.41, 5.74) is 4.62. The number of carbonyl (C=O) groups is 1. The number of aryl methyl sites for hydroxylation is 1. The van der Waals surface area contributed by atoms with Crippen molar-refractivity contribution in [3.8, 4) is 5.75 Å². The van der Waals surface area contributed by atoms with Gasteiger partial charge in [0.05, 0.1) is 25.9 Å². The van der Waals surface area contributed by atoms with Crippen LogP contribution in [0.2, 0.25) is 0 Å². The predicted octanol–water partition coefficient (Wildman–Crippen LogP) is 4.20. The second-order valence-corrected chi connectivity index (χ2v) is 8.62. The largest absolute Gasteiger partial charge is 0.497 e. The summed E-state index contributed by atoms with van der Waals surface area (Å²) >= 11 is 2.35. The van der Waals surface area contributed by atoms with Gasteiger partial charge in [-0.1, -0.05) is 0 Å². The summed E-state index contributed by atoms with van der Waals surface area (Å²) in [6.45, 7) is 6.49. The molecule has 5 nitrogen and oxygen atoms in total. The number of benzene rings is 2. The molecule has 1 N–H and O–H groups in total. The van der Waals surface area contributed by atoms with Gasteiger partial charge in [0.15, 0.2) is 5.78 Å². The van der Waals surface area contributed by atoms with Crippen LogP contribution in [-0.2, 0) is 11.2 Å². The van der Waals surface area contributed by atoms with Crippen molar-refractivity contribution in [3.63, 3.8) is 0 Å². The van der Waals surface area contributed by atoms with Crippen molar-refractivity contribution in [2.75, 3.05) is 40.0 Å². The Hall–Kier alpha value is -1.90. The molecule has 1 aliphatic heterocycles. The molecule has 0 unspecified atom stereocenters. The number of methoxy groups -OCH3 is 1. The Morgan fingerprint density at radius 3 is 2.62 bits per heavy atom. The molecular weight excluding hydrogens is 479 g/mol. The number of ketones is 1. The Bertz CT molecular complexity index is 1020. The molecule has 4 rings (SSSR count). The van der Waals surface area contributed by atoms with Gasteiger partial charge in [0.25, 0.3) is 0 Å². The van der Waals surface area contributed by atoms with Crippen LogP contribution in [-0.4, -0.2) is 55.6 Å². The third-order valence-electron chi connectivity index (χ3n) is 5.51. The molecule has 0 spiro atoms. The fourth-order valence-electron chi connectivity index (χ4n) is 3.98. The quantitative estimate of drug-likeness (QED) is 0.404. The molecule has 1 aromatic heterocycles. The number of fused-ring (bicyclic) bond motifs is 1. The maximum Gasteiger partial charge on any atom is 0.195 e. The van der Waals surface area contributed by atoms with Crippen LogP contribution >= 0.6 is 22.6 Å². The van der Waals surface area contributed by atoms with E-state index in [2.05, 4.69) is 44.6 Å². The average molecular weight is 504 g/mol. The Labute approximate surface area is 184 Å². The number of aromatic nitrogens is 1. The highest BCUT2D eigenvalue weighted by Crippen LogP contribution is 2.31. The third-order valence-corrected chi connectivity index (χ3v) is 6.14. The zero-order valence-electron chi connectivity index (χ0n) is 16.8. The van der Waals surface area contributed by atoms with Crippen LogP contribution in [0.3, 0.4) is 0 Å². The normalized spacial score (nSPS) is 15.0. The van der Waals surface area contributed by atoms with Gasteiger partial charge in [0, 0.05) is 45.4 Å². The van der Waals surface area contributed by atoms with Crippen molar-refractivity contribution in [2.45, 2.75) is 13.3 Å². The van der Waals surface area contributed by atoms with Gasteiger partial charge in [-0.3, -0.25) is 9.69 Å². The number of rotatable bonds is 6. The molecule has 0 amide bonds. The number of H-pyrrole nitrogens is 1. The summed E-state index contributed by atoms with van der Waals surface area (Å²) in [7, 11) is 1.63. The van der Waals surface area contributed by atoms with Crippen molar-refractivity contribution in [3.05, 3.63) is 62.4 Å². The molecule has 0 atom stereocenters. The van der Waals surface area contributed by atoms with Crippen molar-refractivity contribution in [2.24, 2.45) is 0 Å². The minimum atomic E-state index is 0.0465. The van der Waals surface area contributed by atoms with Gasteiger partial charge in [-0.05, 0) is 77.9 Å². The van der Waals surface area contributed by atoms with E-state index in [0.717, 1.165) is 67.2 Å². The molecule has 0 aliphatic carbocycles. The highest BCUT2D eigenvalue weighted by Gasteiger charge is 2.21. The van der Waals surface area contributed by atoms with Crippen molar-refractivity contribution in [1.29, 1.82) is 0 Å². The van der Waals surface area contributed by atoms with Gasteiger partial charge in [-0.15, -0.1) is 0 Å². The number of nitrogens with one attached hydrogen (secondary N) is 1. The number of carbonyl (C=O) groups excluding carboxylic acids is 1. The van der Waals surface area contributed by atoms with Crippen molar-refractivity contribution < 1.29 is 14.3 Å². The second kappa shape index (κ2) is 8.85. The summed E-state index contributed by atoms with van der Waals surface area (Å²) in [6.07, 6.45) is 0.910. The van der Waals surface area contributed by atoms with Gasteiger partial charge < -0.3 is 14.5 Å². The molecule has 2 heterocycles. The molecule has 2 aromatic carbocycles. The third kappa shape index (κ3) is 4.34. The van der Waals surface area contributed by atoms with Crippen molar-refractivity contribution >= 4 is 39.3 Å². The molecule has 3 aromatic rings. The first-order valence-electron chi connectivity index (χ1n) is 9.86. The van der Waals surface area contributed by atoms with E-state index in [1.807, 2.05) is 31.2 Å². The molecule has 0 radical (unpaired) electrons. The molecule has 6 heteroatoms. The van der Waals surface area contributed by atoms with Gasteiger partial charge in [-0.25, -0.2) is 0 Å². The Balaban J connectivity index is 1.71. The lowest BCUT2D eigenvalue weighted by molar-refractivity contribution is 0.0385. The van der Waals surface area contributed by atoms with Gasteiger partial charge in [-0.2, -0.15) is 0 Å². The Morgan fingerprint density at radius 2 is 1.93 bits per heavy atom. The number of nitrogens with zero attached hydrogens (tertiary/aromatic N) is 1. The van der Waals surface area contributed by atoms with E-state index >= 15 is 0 Å². The van der Waals surface area contributed by atoms with Crippen LogP contribution in [0.15, 0.2) is 36.4 Å². The molecule has 29 heavy (non-hydrogen) atoms. The molecule has 1 saturated heterocycles. The van der Waals surface area contributed by atoms with E-state index in [1.54, 1.807) is 7.11 Å². The van der Waals surface area contributed by atoms with Gasteiger partial charge in [0.2, 0.25) is 0 Å². The standard InChI is InChI=1S/C23H25IN2O3/c1-15-21(23(27)16-3-5-19(28-2)6-4-16)22-17(13-18(24)14-20(22)25-15)7-8-26-9-11-29-12-10-26/h3-6,13-14,25H,7-12H2,1-2H3. The average Bonchev–Trinajstić information content (AvgIpc) is 3.07. The number of ether oxygens (including phenoxy) is 2. The van der Waals surface area contributed by atoms with E-state index < -0.39 is 0 Å². The summed E-state index contributed by atoms with van der Waals surface area (Å²) in [5.74, 6) is 0.795. The second-order valence-electron chi connectivity index (χ2n) is 7.37. The first-order chi connectivity index (χ1) is 14.1. The lowest BCUT2D eigenvalue weighted by Crippen LogP contribution is -2.37. The van der Waals surface area contributed by atoms with E-state index in [0.29, 0.717) is 5.56 Å². The highest BCUT2D eigenvalue weighted by atomic mass is 127. The topological polar surface area (TPSA) is 54.6 Å². The van der Waals surface area contributed by atoms with Crippen LogP contribution in [0.25, 0.3) is 10.9 Å². The Morgan fingerprint density at radius 1 is 1.21 bits per heavy atom. The first-order valence-corrected chi connectivity index (χ1v) is 10.9. The monoisotopic (exact) mass is 504 g/mol. The number of hydrogen-bond donors (Lipinski definition) is 1. The van der Waals surface area contributed by atoms with E-state index in [4.69, 9.17) is 9.47 Å². The molecular formula is C23H25IN2O3. The van der Waals surface area contributed by atoms with E-state index in [-0.39, 0.29) is 5.78 Å². The number of morpholine rings is 1. The lowest BCUT2D eigenvalue weighted by atomic mass is 9.96. The summed E-state index contributed by atoms with van der Waals surface area (Å²) in [5, 5.41) is 1.05. The minimum absolute atomic E-state index is 0.0465. The van der Waals surface area contributed by atoms with Gasteiger partial charge in [0.1, 0.15) is 5.75 Å². The van der Waals surface area contributed by atoms with Crippen LogP contribution in [0.5, 0.6) is 5.75 Å². The minimum Gasteiger partial charge on any atom is -0.497 e. The molecule has 0 bridgehead atoms. The maximum absolute atomic E-state index is 13.4. The summed E-state index contributed by atoms with van der Waals surface area (Å²) in [4.78, 5) is 19.3. The van der Waals surface area contributed by atoms with Crippen LogP contribution in [0.1, 0.15) is 27.2 Å². The first kappa shape index (κ1) is 20.4. The number of halogens is 1. The molecule has 1 fully saturated rings. The number of aromatic amines is 1.